The number of aliphatic hydroxyl groups is 1. The number of nitrogen functional groups attached to an aromatic ring is 1. The predicted molar refractivity (Wildman–Crippen MR) is 75.3 cm³/mol. The van der Waals surface area contributed by atoms with Gasteiger partial charge in [0.15, 0.2) is 0 Å². The Morgan fingerprint density at radius 3 is 3.00 bits per heavy atom. The number of hydrogen-bond donors (Lipinski definition) is 2. The predicted octanol–water partition coefficient (Wildman–Crippen LogP) is 1.61. The SMILES string of the molecule is CC1CN(Cc2cccc(N)c2Br)CC(CO)O1. The molecule has 2 rings (SSSR count). The minimum atomic E-state index is -0.0893. The Balaban J connectivity index is 2.06. The van der Waals surface area contributed by atoms with Crippen LogP contribution in [-0.4, -0.2) is 41.9 Å². The van der Waals surface area contributed by atoms with Crippen molar-refractivity contribution in [3.05, 3.63) is 28.2 Å². The first-order valence-electron chi connectivity index (χ1n) is 6.11. The number of hydrogen-bond acceptors (Lipinski definition) is 4. The highest BCUT2D eigenvalue weighted by molar-refractivity contribution is 9.10. The fraction of sp³-hybridized carbons (Fsp3) is 0.538. The number of morpholine rings is 1. The Hall–Kier alpha value is -0.620. The van der Waals surface area contributed by atoms with Gasteiger partial charge in [-0.05, 0) is 34.5 Å². The van der Waals surface area contributed by atoms with Gasteiger partial charge in [-0.1, -0.05) is 12.1 Å². The highest BCUT2D eigenvalue weighted by Crippen LogP contribution is 2.25. The van der Waals surface area contributed by atoms with E-state index >= 15 is 0 Å². The van der Waals surface area contributed by atoms with Gasteiger partial charge in [0.1, 0.15) is 0 Å². The van der Waals surface area contributed by atoms with Crippen LogP contribution < -0.4 is 5.73 Å². The molecule has 100 valence electrons. The molecule has 1 saturated heterocycles. The van der Waals surface area contributed by atoms with Crippen LogP contribution in [0.2, 0.25) is 0 Å². The molecule has 0 aromatic heterocycles. The molecule has 1 aliphatic rings. The van der Waals surface area contributed by atoms with Crippen molar-refractivity contribution in [1.29, 1.82) is 0 Å². The Morgan fingerprint density at radius 1 is 1.50 bits per heavy atom. The van der Waals surface area contributed by atoms with E-state index in [9.17, 15) is 5.11 Å². The molecule has 0 bridgehead atoms. The smallest absolute Gasteiger partial charge is 0.0936 e. The topological polar surface area (TPSA) is 58.7 Å². The van der Waals surface area contributed by atoms with Crippen LogP contribution in [0.4, 0.5) is 5.69 Å². The average Bonchev–Trinajstić information content (AvgIpc) is 2.34. The number of anilines is 1. The third-order valence-electron chi connectivity index (χ3n) is 3.11. The monoisotopic (exact) mass is 314 g/mol. The summed E-state index contributed by atoms with van der Waals surface area (Å²) in [7, 11) is 0. The van der Waals surface area contributed by atoms with Crippen molar-refractivity contribution < 1.29 is 9.84 Å². The summed E-state index contributed by atoms with van der Waals surface area (Å²) in [5, 5.41) is 9.21. The molecular weight excluding hydrogens is 296 g/mol. The number of ether oxygens (including phenoxy) is 1. The molecule has 4 nitrogen and oxygen atoms in total. The zero-order valence-corrected chi connectivity index (χ0v) is 12.1. The second kappa shape index (κ2) is 6.02. The normalized spacial score (nSPS) is 25.3. The molecule has 1 aromatic carbocycles. The summed E-state index contributed by atoms with van der Waals surface area (Å²) in [5.74, 6) is 0. The third-order valence-corrected chi connectivity index (χ3v) is 4.08. The molecule has 2 unspecified atom stereocenters. The molecule has 0 aliphatic carbocycles. The maximum Gasteiger partial charge on any atom is 0.0936 e. The van der Waals surface area contributed by atoms with Crippen LogP contribution in [0.15, 0.2) is 22.7 Å². The van der Waals surface area contributed by atoms with Crippen molar-refractivity contribution in [2.45, 2.75) is 25.7 Å². The minimum absolute atomic E-state index is 0.0684. The van der Waals surface area contributed by atoms with Gasteiger partial charge in [-0.3, -0.25) is 4.90 Å². The fourth-order valence-corrected chi connectivity index (χ4v) is 2.72. The van der Waals surface area contributed by atoms with Crippen molar-refractivity contribution in [3.63, 3.8) is 0 Å². The lowest BCUT2D eigenvalue weighted by molar-refractivity contribution is -0.0972. The summed E-state index contributed by atoms with van der Waals surface area (Å²) in [6.45, 7) is 4.54. The van der Waals surface area contributed by atoms with Crippen LogP contribution in [0.1, 0.15) is 12.5 Å². The van der Waals surface area contributed by atoms with E-state index in [1.807, 2.05) is 19.1 Å². The molecule has 3 N–H and O–H groups in total. The van der Waals surface area contributed by atoms with Crippen molar-refractivity contribution in [1.82, 2.24) is 4.90 Å². The number of nitrogens with zero attached hydrogens (tertiary/aromatic N) is 1. The van der Waals surface area contributed by atoms with Gasteiger partial charge in [0, 0.05) is 29.8 Å². The first-order valence-corrected chi connectivity index (χ1v) is 6.91. The van der Waals surface area contributed by atoms with E-state index in [1.165, 1.54) is 5.56 Å². The van der Waals surface area contributed by atoms with Gasteiger partial charge < -0.3 is 15.6 Å². The second-order valence-corrected chi connectivity index (χ2v) is 5.56. The van der Waals surface area contributed by atoms with Gasteiger partial charge in [0.05, 0.1) is 18.8 Å². The molecule has 18 heavy (non-hydrogen) atoms. The summed E-state index contributed by atoms with van der Waals surface area (Å²) < 4.78 is 6.59. The average molecular weight is 315 g/mol. The van der Waals surface area contributed by atoms with Crippen molar-refractivity contribution in [3.8, 4) is 0 Å². The molecular formula is C13H19BrN2O2. The first kappa shape index (κ1) is 13.8. The number of aliphatic hydroxyl groups excluding tert-OH is 1. The van der Waals surface area contributed by atoms with E-state index in [2.05, 4.69) is 26.9 Å². The fourth-order valence-electron chi connectivity index (χ4n) is 2.33. The van der Waals surface area contributed by atoms with Gasteiger partial charge in [-0.25, -0.2) is 0 Å². The lowest BCUT2D eigenvalue weighted by atomic mass is 10.1. The zero-order chi connectivity index (χ0) is 13.1. The van der Waals surface area contributed by atoms with Crippen molar-refractivity contribution in [2.75, 3.05) is 25.4 Å². The van der Waals surface area contributed by atoms with Crippen LogP contribution in [-0.2, 0) is 11.3 Å². The van der Waals surface area contributed by atoms with Gasteiger partial charge in [0.25, 0.3) is 0 Å². The van der Waals surface area contributed by atoms with Crippen molar-refractivity contribution >= 4 is 21.6 Å². The summed E-state index contributed by atoms with van der Waals surface area (Å²) in [4.78, 5) is 2.29. The molecule has 1 aliphatic heterocycles. The molecule has 0 spiro atoms. The van der Waals surface area contributed by atoms with Crippen LogP contribution in [0, 0.1) is 0 Å². The molecule has 1 fully saturated rings. The van der Waals surface area contributed by atoms with E-state index in [0.29, 0.717) is 0 Å². The largest absolute Gasteiger partial charge is 0.398 e. The van der Waals surface area contributed by atoms with E-state index in [4.69, 9.17) is 10.5 Å². The highest BCUT2D eigenvalue weighted by atomic mass is 79.9. The number of nitrogens with two attached hydrogens (primary N) is 1. The van der Waals surface area contributed by atoms with Crippen LogP contribution in [0.3, 0.4) is 0 Å². The molecule has 1 aromatic rings. The Kier molecular flexibility index (Phi) is 4.61. The van der Waals surface area contributed by atoms with E-state index in [0.717, 1.165) is 29.8 Å². The molecule has 0 saturated carbocycles. The maximum atomic E-state index is 9.21. The van der Waals surface area contributed by atoms with E-state index in [1.54, 1.807) is 0 Å². The van der Waals surface area contributed by atoms with Crippen LogP contribution in [0.5, 0.6) is 0 Å². The summed E-state index contributed by atoms with van der Waals surface area (Å²) >= 11 is 3.52. The van der Waals surface area contributed by atoms with Gasteiger partial charge in [-0.15, -0.1) is 0 Å². The summed E-state index contributed by atoms with van der Waals surface area (Å²) in [5.41, 5.74) is 7.80. The second-order valence-electron chi connectivity index (χ2n) is 4.77. The third kappa shape index (κ3) is 3.23. The Labute approximate surface area is 116 Å². The lowest BCUT2D eigenvalue weighted by Gasteiger charge is -2.36. The first-order chi connectivity index (χ1) is 8.60. The van der Waals surface area contributed by atoms with E-state index in [-0.39, 0.29) is 18.8 Å². The number of halogens is 1. The van der Waals surface area contributed by atoms with Gasteiger partial charge in [0.2, 0.25) is 0 Å². The summed E-state index contributed by atoms with van der Waals surface area (Å²) in [6.07, 6.45) is 0.0596. The molecule has 1 heterocycles. The molecule has 5 heteroatoms. The van der Waals surface area contributed by atoms with E-state index < -0.39 is 0 Å². The number of rotatable bonds is 3. The molecule has 0 amide bonds. The summed E-state index contributed by atoms with van der Waals surface area (Å²) in [6, 6.07) is 5.91. The molecule has 0 radical (unpaired) electrons. The quantitative estimate of drug-likeness (QED) is 0.832. The zero-order valence-electron chi connectivity index (χ0n) is 10.5. The van der Waals surface area contributed by atoms with Crippen LogP contribution >= 0.6 is 15.9 Å². The maximum absolute atomic E-state index is 9.21. The molecule has 2 atom stereocenters. The van der Waals surface area contributed by atoms with Gasteiger partial charge in [-0.2, -0.15) is 0 Å². The highest BCUT2D eigenvalue weighted by Gasteiger charge is 2.25. The van der Waals surface area contributed by atoms with Gasteiger partial charge >= 0.3 is 0 Å². The lowest BCUT2D eigenvalue weighted by Crippen LogP contribution is -2.47. The standard InChI is InChI=1S/C13H19BrN2O2/c1-9-5-16(7-11(8-17)18-9)6-10-3-2-4-12(15)13(10)14/h2-4,9,11,17H,5-8,15H2,1H3. The number of benzene rings is 1. The van der Waals surface area contributed by atoms with Crippen molar-refractivity contribution in [2.24, 2.45) is 0 Å². The minimum Gasteiger partial charge on any atom is -0.398 e. The van der Waals surface area contributed by atoms with Crippen LogP contribution in [0.25, 0.3) is 0 Å². The Bertz CT molecular complexity index is 414. The Morgan fingerprint density at radius 2 is 2.28 bits per heavy atom.